The number of methoxy groups -OCH3 is 1. The summed E-state index contributed by atoms with van der Waals surface area (Å²) in [7, 11) is 1.34. The number of piperidine rings is 1. The summed E-state index contributed by atoms with van der Waals surface area (Å²) in [5, 5.41) is 11.5. The molecule has 0 bridgehead atoms. The number of aryl methyl sites for hydroxylation is 1. The third kappa shape index (κ3) is 4.18. The van der Waals surface area contributed by atoms with E-state index in [0.29, 0.717) is 23.7 Å². The normalized spacial score (nSPS) is 15.3. The molecule has 0 spiro atoms. The second-order valence-corrected chi connectivity index (χ2v) is 7.61. The van der Waals surface area contributed by atoms with Crippen LogP contribution in [0.5, 0.6) is 0 Å². The van der Waals surface area contributed by atoms with Crippen molar-refractivity contribution in [3.8, 4) is 0 Å². The summed E-state index contributed by atoms with van der Waals surface area (Å²) in [6.07, 6.45) is 3.86. The zero-order chi connectivity index (χ0) is 21.1. The summed E-state index contributed by atoms with van der Waals surface area (Å²) in [5.41, 5.74) is 2.81. The maximum Gasteiger partial charge on any atom is 0.337 e. The Hall–Kier alpha value is -3.26. The van der Waals surface area contributed by atoms with E-state index in [0.717, 1.165) is 43.0 Å². The van der Waals surface area contributed by atoms with Crippen LogP contribution in [0.4, 0.5) is 5.69 Å². The van der Waals surface area contributed by atoms with E-state index in [9.17, 15) is 9.59 Å². The van der Waals surface area contributed by atoms with Gasteiger partial charge in [0.2, 0.25) is 5.91 Å². The highest BCUT2D eigenvalue weighted by atomic mass is 16.5. The van der Waals surface area contributed by atoms with Gasteiger partial charge in [-0.1, -0.05) is 12.1 Å². The molecule has 0 radical (unpaired) electrons. The van der Waals surface area contributed by atoms with E-state index in [1.165, 1.54) is 7.11 Å². The maximum absolute atomic E-state index is 12.6. The van der Waals surface area contributed by atoms with Gasteiger partial charge in [-0.15, -0.1) is 10.2 Å². The van der Waals surface area contributed by atoms with Crippen molar-refractivity contribution in [1.29, 1.82) is 0 Å². The molecule has 1 saturated heterocycles. The van der Waals surface area contributed by atoms with Gasteiger partial charge in [-0.3, -0.25) is 14.1 Å². The van der Waals surface area contributed by atoms with Crippen molar-refractivity contribution >= 4 is 23.2 Å². The number of pyridine rings is 1. The number of benzene rings is 1. The summed E-state index contributed by atoms with van der Waals surface area (Å²) in [4.78, 5) is 26.5. The number of ether oxygens (including phenoxy) is 1. The van der Waals surface area contributed by atoms with E-state index >= 15 is 0 Å². The molecule has 2 aromatic heterocycles. The van der Waals surface area contributed by atoms with Crippen molar-refractivity contribution in [3.05, 3.63) is 59.5 Å². The topological polar surface area (TPSA) is 88.8 Å². The fourth-order valence-corrected chi connectivity index (χ4v) is 3.88. The summed E-state index contributed by atoms with van der Waals surface area (Å²) in [6.45, 7) is 3.85. The van der Waals surface area contributed by atoms with Crippen molar-refractivity contribution in [2.45, 2.75) is 25.7 Å². The Morgan fingerprint density at radius 1 is 1.17 bits per heavy atom. The molecular formula is C22H25N5O3. The van der Waals surface area contributed by atoms with Gasteiger partial charge in [-0.05, 0) is 62.7 Å². The SMILES string of the molecule is COC(=O)c1ccc(C)c(NC(=O)CN2CCC(c3nnc4ccccn34)CC2)c1. The maximum atomic E-state index is 12.6. The van der Waals surface area contributed by atoms with Crippen LogP contribution < -0.4 is 5.32 Å². The monoisotopic (exact) mass is 407 g/mol. The van der Waals surface area contributed by atoms with Crippen LogP contribution in [0.1, 0.15) is 40.5 Å². The first kappa shape index (κ1) is 20.0. The number of carbonyl (C=O) groups excluding carboxylic acids is 2. The van der Waals surface area contributed by atoms with Gasteiger partial charge >= 0.3 is 5.97 Å². The van der Waals surface area contributed by atoms with E-state index in [4.69, 9.17) is 4.74 Å². The number of esters is 1. The average Bonchev–Trinajstić information content (AvgIpc) is 3.19. The second kappa shape index (κ2) is 8.62. The van der Waals surface area contributed by atoms with Crippen LogP contribution in [-0.2, 0) is 9.53 Å². The zero-order valence-electron chi connectivity index (χ0n) is 17.2. The Bertz CT molecular complexity index is 1070. The van der Waals surface area contributed by atoms with Crippen molar-refractivity contribution in [2.24, 2.45) is 0 Å². The minimum atomic E-state index is -0.423. The fraction of sp³-hybridized carbons (Fsp3) is 0.364. The second-order valence-electron chi connectivity index (χ2n) is 7.61. The van der Waals surface area contributed by atoms with Crippen molar-refractivity contribution in [2.75, 3.05) is 32.1 Å². The third-order valence-electron chi connectivity index (χ3n) is 5.59. The lowest BCUT2D eigenvalue weighted by atomic mass is 9.96. The van der Waals surface area contributed by atoms with E-state index in [1.807, 2.05) is 35.7 Å². The molecule has 30 heavy (non-hydrogen) atoms. The molecule has 1 amide bonds. The van der Waals surface area contributed by atoms with Crippen molar-refractivity contribution in [1.82, 2.24) is 19.5 Å². The smallest absolute Gasteiger partial charge is 0.337 e. The lowest BCUT2D eigenvalue weighted by Gasteiger charge is -2.30. The highest BCUT2D eigenvalue weighted by molar-refractivity contribution is 5.96. The van der Waals surface area contributed by atoms with Gasteiger partial charge in [0.15, 0.2) is 5.65 Å². The van der Waals surface area contributed by atoms with Crippen molar-refractivity contribution < 1.29 is 14.3 Å². The number of fused-ring (bicyclic) bond motifs is 1. The first-order valence-electron chi connectivity index (χ1n) is 10.1. The highest BCUT2D eigenvalue weighted by Crippen LogP contribution is 2.27. The van der Waals surface area contributed by atoms with Crippen molar-refractivity contribution in [3.63, 3.8) is 0 Å². The molecule has 3 heterocycles. The molecule has 0 aliphatic carbocycles. The highest BCUT2D eigenvalue weighted by Gasteiger charge is 2.25. The number of nitrogens with one attached hydrogen (secondary N) is 1. The number of rotatable bonds is 5. The predicted octanol–water partition coefficient (Wildman–Crippen LogP) is 2.64. The fourth-order valence-electron chi connectivity index (χ4n) is 3.88. The molecule has 0 saturated carbocycles. The molecule has 156 valence electrons. The molecule has 8 heteroatoms. The van der Waals surface area contributed by atoms with Crippen LogP contribution in [0.2, 0.25) is 0 Å². The first-order chi connectivity index (χ1) is 14.5. The Labute approximate surface area is 174 Å². The van der Waals surface area contributed by atoms with Gasteiger partial charge in [0, 0.05) is 17.8 Å². The molecule has 0 unspecified atom stereocenters. The third-order valence-corrected chi connectivity index (χ3v) is 5.59. The van der Waals surface area contributed by atoms with Crippen LogP contribution in [0.25, 0.3) is 5.65 Å². The average molecular weight is 407 g/mol. The molecule has 1 aromatic carbocycles. The molecule has 1 aliphatic heterocycles. The molecule has 1 aliphatic rings. The number of hydrogen-bond donors (Lipinski definition) is 1. The van der Waals surface area contributed by atoms with E-state index in [1.54, 1.807) is 18.2 Å². The van der Waals surface area contributed by atoms with E-state index in [2.05, 4.69) is 20.4 Å². The molecule has 0 atom stereocenters. The Balaban J connectivity index is 1.34. The Morgan fingerprint density at radius 3 is 2.73 bits per heavy atom. The minimum Gasteiger partial charge on any atom is -0.465 e. The Kier molecular flexibility index (Phi) is 5.76. The van der Waals surface area contributed by atoms with Gasteiger partial charge in [-0.2, -0.15) is 0 Å². The molecule has 8 nitrogen and oxygen atoms in total. The summed E-state index contributed by atoms with van der Waals surface area (Å²) < 4.78 is 6.80. The molecular weight excluding hydrogens is 382 g/mol. The van der Waals surface area contributed by atoms with Gasteiger partial charge in [0.1, 0.15) is 5.82 Å². The van der Waals surface area contributed by atoms with Gasteiger partial charge in [-0.25, -0.2) is 4.79 Å². The predicted molar refractivity (Wildman–Crippen MR) is 113 cm³/mol. The largest absolute Gasteiger partial charge is 0.465 e. The summed E-state index contributed by atoms with van der Waals surface area (Å²) in [6, 6.07) is 11.0. The van der Waals surface area contributed by atoms with E-state index in [-0.39, 0.29) is 5.91 Å². The van der Waals surface area contributed by atoms with Gasteiger partial charge < -0.3 is 10.1 Å². The standard InChI is InChI=1S/C22H25N5O3/c1-15-6-7-17(22(29)30-2)13-18(15)23-20(28)14-26-11-8-16(9-12-26)21-25-24-19-5-3-4-10-27(19)21/h3-7,10,13,16H,8-9,11-12,14H2,1-2H3,(H,23,28). The van der Waals surface area contributed by atoms with Crippen LogP contribution in [0.15, 0.2) is 42.6 Å². The minimum absolute atomic E-state index is 0.0912. The van der Waals surface area contributed by atoms with Gasteiger partial charge in [0.25, 0.3) is 0 Å². The number of amides is 1. The van der Waals surface area contributed by atoms with Gasteiger partial charge in [0.05, 0.1) is 19.2 Å². The lowest BCUT2D eigenvalue weighted by Crippen LogP contribution is -2.39. The number of anilines is 1. The zero-order valence-corrected chi connectivity index (χ0v) is 17.2. The Morgan fingerprint density at radius 2 is 1.97 bits per heavy atom. The quantitative estimate of drug-likeness (QED) is 0.654. The number of likely N-dealkylation sites (tertiary alicyclic amines) is 1. The molecule has 1 fully saturated rings. The molecule has 1 N–H and O–H groups in total. The number of nitrogens with zero attached hydrogens (tertiary/aromatic N) is 4. The van der Waals surface area contributed by atoms with Crippen LogP contribution >= 0.6 is 0 Å². The summed E-state index contributed by atoms with van der Waals surface area (Å²) >= 11 is 0. The van der Waals surface area contributed by atoms with Crippen LogP contribution in [0.3, 0.4) is 0 Å². The number of hydrogen-bond acceptors (Lipinski definition) is 6. The summed E-state index contributed by atoms with van der Waals surface area (Å²) in [5.74, 6) is 0.811. The molecule has 4 rings (SSSR count). The molecule has 3 aromatic rings. The number of aromatic nitrogens is 3. The van der Waals surface area contributed by atoms with Crippen LogP contribution in [0, 0.1) is 6.92 Å². The number of carbonyl (C=O) groups is 2. The lowest BCUT2D eigenvalue weighted by molar-refractivity contribution is -0.117. The first-order valence-corrected chi connectivity index (χ1v) is 10.1. The van der Waals surface area contributed by atoms with E-state index < -0.39 is 5.97 Å². The van der Waals surface area contributed by atoms with Crippen LogP contribution in [-0.4, -0.2) is 58.1 Å².